The zero-order valence-corrected chi connectivity index (χ0v) is 8.59. The van der Waals surface area contributed by atoms with E-state index in [0.717, 1.165) is 16.4 Å². The van der Waals surface area contributed by atoms with Crippen LogP contribution < -0.4 is 0 Å². The van der Waals surface area contributed by atoms with E-state index < -0.39 is 0 Å². The highest BCUT2D eigenvalue weighted by Gasteiger charge is 1.99. The van der Waals surface area contributed by atoms with Crippen molar-refractivity contribution in [3.63, 3.8) is 0 Å². The second-order valence-electron chi connectivity index (χ2n) is 1.51. The molecule has 0 fully saturated rings. The maximum absolute atomic E-state index is 4.05. The fourth-order valence-corrected chi connectivity index (χ4v) is 2.54. The Morgan fingerprint density at radius 1 is 1.67 bits per heavy atom. The molecule has 4 heteroatoms. The van der Waals surface area contributed by atoms with Crippen molar-refractivity contribution in [2.45, 2.75) is 6.42 Å². The van der Waals surface area contributed by atoms with E-state index in [1.54, 1.807) is 11.3 Å². The van der Waals surface area contributed by atoms with Crippen LogP contribution in [0.15, 0.2) is 10.1 Å². The first-order valence-electron chi connectivity index (χ1n) is 2.48. The largest absolute Gasteiger partial charge is 0.237 e. The Balaban J connectivity index is 2.69. The molecule has 0 N–H and O–H groups in total. The van der Waals surface area contributed by atoms with Crippen LogP contribution >= 0.6 is 43.2 Å². The summed E-state index contributed by atoms with van der Waals surface area (Å²) in [4.78, 5) is 5.36. The van der Waals surface area contributed by atoms with Gasteiger partial charge in [0.25, 0.3) is 0 Å². The number of aryl methyl sites for hydroxylation is 1. The fourth-order valence-electron chi connectivity index (χ4n) is 0.505. The van der Waals surface area contributed by atoms with Crippen molar-refractivity contribution in [1.29, 1.82) is 0 Å². The lowest BCUT2D eigenvalue weighted by molar-refractivity contribution is 1.17. The molecule has 50 valence electrons. The van der Waals surface area contributed by atoms with Gasteiger partial charge in [0.05, 0.1) is 5.51 Å². The second-order valence-corrected chi connectivity index (χ2v) is 3.99. The van der Waals surface area contributed by atoms with E-state index >= 15 is 0 Å². The Labute approximate surface area is 74.8 Å². The quantitative estimate of drug-likeness (QED) is 0.754. The van der Waals surface area contributed by atoms with Crippen molar-refractivity contribution in [2.75, 3.05) is 5.33 Å². The summed E-state index contributed by atoms with van der Waals surface area (Å²) in [5, 5.41) is 1.01. The van der Waals surface area contributed by atoms with Crippen LogP contribution in [0.25, 0.3) is 0 Å². The van der Waals surface area contributed by atoms with Crippen molar-refractivity contribution in [3.8, 4) is 0 Å². The summed E-state index contributed by atoms with van der Waals surface area (Å²) < 4.78 is 0.993. The molecule has 0 unspecified atom stereocenters. The molecule has 0 saturated heterocycles. The molecule has 1 heterocycles. The fraction of sp³-hybridized carbons (Fsp3) is 0.400. The van der Waals surface area contributed by atoms with E-state index in [1.165, 1.54) is 4.88 Å². The van der Waals surface area contributed by atoms with Crippen LogP contribution in [0.4, 0.5) is 0 Å². The average Bonchev–Trinajstić information content (AvgIpc) is 2.18. The van der Waals surface area contributed by atoms with Gasteiger partial charge in [-0.1, -0.05) is 15.9 Å². The summed E-state index contributed by atoms with van der Waals surface area (Å²) >= 11 is 8.39. The lowest BCUT2D eigenvalue weighted by atomic mass is 10.4. The van der Waals surface area contributed by atoms with Crippen molar-refractivity contribution >= 4 is 43.2 Å². The van der Waals surface area contributed by atoms with Gasteiger partial charge in [-0.05, 0) is 22.4 Å². The summed E-state index contributed by atoms with van der Waals surface area (Å²) in [7, 11) is 0. The number of alkyl halides is 1. The Bertz CT molecular complexity index is 187. The molecule has 9 heavy (non-hydrogen) atoms. The molecule has 1 rings (SSSR count). The highest BCUT2D eigenvalue weighted by atomic mass is 79.9. The molecule has 1 aromatic heterocycles. The molecule has 0 amide bonds. The topological polar surface area (TPSA) is 12.9 Å². The van der Waals surface area contributed by atoms with Crippen LogP contribution in [0, 0.1) is 0 Å². The van der Waals surface area contributed by atoms with Gasteiger partial charge in [-0.25, -0.2) is 4.98 Å². The van der Waals surface area contributed by atoms with Crippen LogP contribution in [0.3, 0.4) is 0 Å². The van der Waals surface area contributed by atoms with Crippen molar-refractivity contribution < 1.29 is 0 Å². The zero-order chi connectivity index (χ0) is 6.69. The van der Waals surface area contributed by atoms with Crippen LogP contribution in [0.1, 0.15) is 4.88 Å². The number of thiazole rings is 1. The molecule has 0 atom stereocenters. The highest BCUT2D eigenvalue weighted by molar-refractivity contribution is 9.10. The molecule has 0 aromatic carbocycles. The number of hydrogen-bond acceptors (Lipinski definition) is 2. The first kappa shape index (κ1) is 7.69. The third-order valence-corrected chi connectivity index (χ3v) is 3.15. The summed E-state index contributed by atoms with van der Waals surface area (Å²) in [6, 6.07) is 0. The predicted molar refractivity (Wildman–Crippen MR) is 47.3 cm³/mol. The van der Waals surface area contributed by atoms with Gasteiger partial charge in [-0.15, -0.1) is 11.3 Å². The predicted octanol–water partition coefficient (Wildman–Crippen LogP) is 2.84. The van der Waals surface area contributed by atoms with E-state index in [-0.39, 0.29) is 0 Å². The van der Waals surface area contributed by atoms with Crippen molar-refractivity contribution in [3.05, 3.63) is 15.0 Å². The summed E-state index contributed by atoms with van der Waals surface area (Å²) in [5.41, 5.74) is 1.85. The van der Waals surface area contributed by atoms with Crippen LogP contribution in [-0.2, 0) is 6.42 Å². The average molecular weight is 271 g/mol. The monoisotopic (exact) mass is 269 g/mol. The van der Waals surface area contributed by atoms with Gasteiger partial charge in [0.1, 0.15) is 4.60 Å². The molecule has 0 aliphatic heterocycles. The number of halogens is 2. The number of rotatable bonds is 2. The van der Waals surface area contributed by atoms with E-state index in [2.05, 4.69) is 36.8 Å². The minimum atomic E-state index is 0.993. The van der Waals surface area contributed by atoms with Gasteiger partial charge in [0, 0.05) is 10.2 Å². The third kappa shape index (κ3) is 2.02. The first-order valence-corrected chi connectivity index (χ1v) is 5.28. The molecule has 1 nitrogen and oxygen atoms in total. The number of aromatic nitrogens is 1. The van der Waals surface area contributed by atoms with Crippen molar-refractivity contribution in [1.82, 2.24) is 4.98 Å². The highest BCUT2D eigenvalue weighted by Crippen LogP contribution is 2.19. The molecule has 0 bridgehead atoms. The molecule has 0 aliphatic carbocycles. The van der Waals surface area contributed by atoms with Crippen molar-refractivity contribution in [2.24, 2.45) is 0 Å². The molecule has 0 radical (unpaired) electrons. The summed E-state index contributed by atoms with van der Waals surface area (Å²) in [6.45, 7) is 0. The lowest BCUT2D eigenvalue weighted by Crippen LogP contribution is -1.80. The minimum absolute atomic E-state index is 0.993. The number of hydrogen-bond donors (Lipinski definition) is 0. The Morgan fingerprint density at radius 2 is 2.44 bits per heavy atom. The van der Waals surface area contributed by atoms with E-state index in [9.17, 15) is 0 Å². The molecule has 0 spiro atoms. The minimum Gasteiger partial charge on any atom is -0.237 e. The normalized spacial score (nSPS) is 10.0. The second kappa shape index (κ2) is 3.68. The Morgan fingerprint density at radius 3 is 2.89 bits per heavy atom. The number of nitrogens with zero attached hydrogens (tertiary/aromatic N) is 1. The Kier molecular flexibility index (Phi) is 3.15. The molecule has 0 saturated carbocycles. The third-order valence-electron chi connectivity index (χ3n) is 0.913. The molecular formula is C5H5Br2NS. The summed E-state index contributed by atoms with van der Waals surface area (Å²) in [5.74, 6) is 0. The van der Waals surface area contributed by atoms with Gasteiger partial charge in [0.15, 0.2) is 0 Å². The van der Waals surface area contributed by atoms with Gasteiger partial charge in [-0.2, -0.15) is 0 Å². The maximum Gasteiger partial charge on any atom is 0.120 e. The lowest BCUT2D eigenvalue weighted by Gasteiger charge is -1.88. The molecule has 0 aliphatic rings. The van der Waals surface area contributed by atoms with Gasteiger partial charge >= 0.3 is 0 Å². The Hall–Kier alpha value is 0.590. The molecular weight excluding hydrogens is 266 g/mol. The van der Waals surface area contributed by atoms with E-state index in [4.69, 9.17) is 0 Å². The SMILES string of the molecule is BrCCc1scnc1Br. The van der Waals surface area contributed by atoms with Crippen LogP contribution in [0.2, 0.25) is 0 Å². The van der Waals surface area contributed by atoms with Gasteiger partial charge < -0.3 is 0 Å². The molecule has 1 aromatic rings. The van der Waals surface area contributed by atoms with Gasteiger partial charge in [0.2, 0.25) is 0 Å². The summed E-state index contributed by atoms with van der Waals surface area (Å²) in [6.07, 6.45) is 1.06. The van der Waals surface area contributed by atoms with E-state index in [0.29, 0.717) is 0 Å². The van der Waals surface area contributed by atoms with E-state index in [1.807, 2.05) is 5.51 Å². The first-order chi connectivity index (χ1) is 4.34. The van der Waals surface area contributed by atoms with Crippen LogP contribution in [0.5, 0.6) is 0 Å². The smallest absolute Gasteiger partial charge is 0.120 e. The maximum atomic E-state index is 4.05. The zero-order valence-electron chi connectivity index (χ0n) is 4.60. The standard InChI is InChI=1S/C5H5Br2NS/c6-2-1-4-5(7)8-3-9-4/h3H,1-2H2. The van der Waals surface area contributed by atoms with Gasteiger partial charge in [-0.3, -0.25) is 0 Å². The van der Waals surface area contributed by atoms with Crippen LogP contribution in [-0.4, -0.2) is 10.3 Å².